The smallest absolute Gasteiger partial charge is 0.277 e. The normalized spacial score (nSPS) is 17.5. The van der Waals surface area contributed by atoms with Crippen LogP contribution in [-0.2, 0) is 0 Å². The van der Waals surface area contributed by atoms with Gasteiger partial charge in [-0.15, -0.1) is 0 Å². The van der Waals surface area contributed by atoms with Crippen molar-refractivity contribution in [3.8, 4) is 0 Å². The number of amides is 1. The maximum Gasteiger partial charge on any atom is 0.277 e. The van der Waals surface area contributed by atoms with E-state index in [1.54, 1.807) is 4.90 Å². The average molecular weight is 293 g/mol. The van der Waals surface area contributed by atoms with Crippen molar-refractivity contribution in [2.75, 3.05) is 6.54 Å². The maximum absolute atomic E-state index is 12.3. The van der Waals surface area contributed by atoms with Crippen LogP contribution in [0.5, 0.6) is 0 Å². The fourth-order valence-corrected chi connectivity index (χ4v) is 2.20. The lowest BCUT2D eigenvalue weighted by atomic mass is 9.92. The Morgan fingerprint density at radius 2 is 1.62 bits per heavy atom. The highest BCUT2D eigenvalue weighted by atomic mass is 16.6. The zero-order valence-electron chi connectivity index (χ0n) is 11.9. The van der Waals surface area contributed by atoms with Gasteiger partial charge in [0, 0.05) is 18.7 Å². The number of hydrogen-bond donors (Lipinski definition) is 0. The lowest BCUT2D eigenvalue weighted by molar-refractivity contribution is -0.394. The number of benzene rings is 1. The average Bonchev–Trinajstić information content (AvgIpc) is 3.17. The second kappa shape index (κ2) is 4.80. The van der Waals surface area contributed by atoms with Gasteiger partial charge >= 0.3 is 0 Å². The molecule has 0 radical (unpaired) electrons. The second-order valence-electron chi connectivity index (χ2n) is 6.09. The molecule has 1 fully saturated rings. The number of carbonyl (C=O) groups excluding carboxylic acids is 1. The van der Waals surface area contributed by atoms with Crippen LogP contribution in [0.2, 0.25) is 0 Å². The van der Waals surface area contributed by atoms with Crippen molar-refractivity contribution in [1.82, 2.24) is 4.90 Å². The highest BCUT2D eigenvalue weighted by molar-refractivity contribution is 5.97. The van der Waals surface area contributed by atoms with Gasteiger partial charge in [-0.2, -0.15) is 0 Å². The summed E-state index contributed by atoms with van der Waals surface area (Å²) < 4.78 is 0. The minimum atomic E-state index is -0.743. The highest BCUT2D eigenvalue weighted by Gasteiger charge is 2.46. The molecule has 0 spiro atoms. The number of nitro benzene ring substituents is 2. The predicted molar refractivity (Wildman–Crippen MR) is 74.0 cm³/mol. The summed E-state index contributed by atoms with van der Waals surface area (Å²) >= 11 is 0. The van der Waals surface area contributed by atoms with E-state index in [1.165, 1.54) is 0 Å². The molecule has 1 aliphatic heterocycles. The van der Waals surface area contributed by atoms with Gasteiger partial charge in [0.25, 0.3) is 17.3 Å². The van der Waals surface area contributed by atoms with Crippen molar-refractivity contribution >= 4 is 17.3 Å². The van der Waals surface area contributed by atoms with Crippen LogP contribution >= 0.6 is 0 Å². The van der Waals surface area contributed by atoms with Gasteiger partial charge in [-0.25, -0.2) is 0 Å². The number of rotatable bonds is 3. The van der Waals surface area contributed by atoms with Crippen LogP contribution in [0.25, 0.3) is 0 Å². The molecule has 1 aliphatic rings. The Bertz CT molecular complexity index is 603. The Hall–Kier alpha value is -2.51. The number of nitrogens with zero attached hydrogens (tertiary/aromatic N) is 3. The number of nitro groups is 2. The van der Waals surface area contributed by atoms with Crippen molar-refractivity contribution in [3.63, 3.8) is 0 Å². The fraction of sp³-hybridized carbons (Fsp3) is 0.462. The van der Waals surface area contributed by atoms with E-state index in [-0.39, 0.29) is 17.0 Å². The molecule has 1 amide bonds. The van der Waals surface area contributed by atoms with Gasteiger partial charge in [-0.05, 0) is 5.41 Å². The van der Waals surface area contributed by atoms with Crippen LogP contribution in [0.3, 0.4) is 0 Å². The first-order valence-electron chi connectivity index (χ1n) is 6.36. The Labute approximate surface area is 120 Å². The first-order valence-corrected chi connectivity index (χ1v) is 6.36. The minimum Gasteiger partial charge on any atom is -0.331 e. The molecule has 8 heteroatoms. The van der Waals surface area contributed by atoms with Crippen LogP contribution in [0.4, 0.5) is 11.4 Å². The van der Waals surface area contributed by atoms with Crippen molar-refractivity contribution < 1.29 is 14.6 Å². The molecule has 0 bridgehead atoms. The molecule has 21 heavy (non-hydrogen) atoms. The zero-order chi connectivity index (χ0) is 15.9. The quantitative estimate of drug-likeness (QED) is 0.483. The van der Waals surface area contributed by atoms with Crippen molar-refractivity contribution in [2.45, 2.75) is 26.8 Å². The molecule has 8 nitrogen and oxygen atoms in total. The van der Waals surface area contributed by atoms with Crippen LogP contribution < -0.4 is 0 Å². The number of non-ortho nitro benzene ring substituents is 2. The van der Waals surface area contributed by atoms with Gasteiger partial charge in [0.2, 0.25) is 0 Å². The van der Waals surface area contributed by atoms with Gasteiger partial charge in [-0.1, -0.05) is 20.8 Å². The van der Waals surface area contributed by atoms with E-state index in [1.807, 2.05) is 20.8 Å². The first kappa shape index (κ1) is 14.9. The summed E-state index contributed by atoms with van der Waals surface area (Å²) in [4.78, 5) is 34.0. The minimum absolute atomic E-state index is 0.0253. The topological polar surface area (TPSA) is 106 Å². The number of hydrogen-bond acceptors (Lipinski definition) is 5. The Kier molecular flexibility index (Phi) is 3.40. The monoisotopic (exact) mass is 293 g/mol. The highest BCUT2D eigenvalue weighted by Crippen LogP contribution is 2.36. The van der Waals surface area contributed by atoms with Crippen LogP contribution in [0.15, 0.2) is 18.2 Å². The third-order valence-corrected chi connectivity index (χ3v) is 3.44. The van der Waals surface area contributed by atoms with Crippen molar-refractivity contribution in [2.24, 2.45) is 5.41 Å². The molecular weight excluding hydrogens is 278 g/mol. The molecule has 1 heterocycles. The van der Waals surface area contributed by atoms with E-state index in [0.29, 0.717) is 6.54 Å². The van der Waals surface area contributed by atoms with Crippen LogP contribution in [0.1, 0.15) is 31.1 Å². The molecule has 1 aromatic carbocycles. The molecule has 112 valence electrons. The summed E-state index contributed by atoms with van der Waals surface area (Å²) in [5.41, 5.74) is -1.03. The van der Waals surface area contributed by atoms with Gasteiger partial charge in [0.15, 0.2) is 0 Å². The predicted octanol–water partition coefficient (Wildman–Crippen LogP) is 2.37. The van der Waals surface area contributed by atoms with Crippen LogP contribution in [-0.4, -0.2) is 33.2 Å². The molecule has 0 N–H and O–H groups in total. The SMILES string of the molecule is CC(C)(C)C1CN1C(=O)c1cc([N+](=O)[O-])cc([N+](=O)[O-])c1. The van der Waals surface area contributed by atoms with Gasteiger partial charge in [0.1, 0.15) is 0 Å². The van der Waals surface area contributed by atoms with Gasteiger partial charge in [0.05, 0.1) is 27.5 Å². The van der Waals surface area contributed by atoms with E-state index in [0.717, 1.165) is 18.2 Å². The molecule has 0 aromatic heterocycles. The summed E-state index contributed by atoms with van der Waals surface area (Å²) in [5, 5.41) is 21.6. The van der Waals surface area contributed by atoms with Crippen LogP contribution in [0, 0.1) is 25.6 Å². The third kappa shape index (κ3) is 2.99. The summed E-state index contributed by atoms with van der Waals surface area (Å²) in [6.07, 6.45) is 0. The molecule has 1 aromatic rings. The lowest BCUT2D eigenvalue weighted by Crippen LogP contribution is -2.22. The Morgan fingerprint density at radius 1 is 1.14 bits per heavy atom. The largest absolute Gasteiger partial charge is 0.331 e. The number of carbonyl (C=O) groups is 1. The lowest BCUT2D eigenvalue weighted by Gasteiger charge is -2.17. The molecule has 1 saturated heterocycles. The summed E-state index contributed by atoms with van der Waals surface area (Å²) in [6, 6.07) is 3.05. The molecule has 1 unspecified atom stereocenters. The van der Waals surface area contributed by atoms with E-state index in [4.69, 9.17) is 0 Å². The van der Waals surface area contributed by atoms with E-state index in [9.17, 15) is 25.0 Å². The van der Waals surface area contributed by atoms with Gasteiger partial charge in [-0.3, -0.25) is 25.0 Å². The Balaban J connectivity index is 2.34. The summed E-state index contributed by atoms with van der Waals surface area (Å²) in [7, 11) is 0. The molecule has 1 atom stereocenters. The maximum atomic E-state index is 12.3. The summed E-state index contributed by atoms with van der Waals surface area (Å²) in [6.45, 7) is 6.52. The summed E-state index contributed by atoms with van der Waals surface area (Å²) in [5.74, 6) is -0.415. The van der Waals surface area contributed by atoms with Crippen molar-refractivity contribution in [3.05, 3.63) is 44.0 Å². The third-order valence-electron chi connectivity index (χ3n) is 3.44. The van der Waals surface area contributed by atoms with E-state index >= 15 is 0 Å². The van der Waals surface area contributed by atoms with Gasteiger partial charge < -0.3 is 4.90 Å². The second-order valence-corrected chi connectivity index (χ2v) is 6.09. The fourth-order valence-electron chi connectivity index (χ4n) is 2.20. The zero-order valence-corrected chi connectivity index (χ0v) is 11.9. The van der Waals surface area contributed by atoms with Crippen molar-refractivity contribution in [1.29, 1.82) is 0 Å². The molecule has 2 rings (SSSR count). The molecular formula is C13H15N3O5. The molecule has 0 saturated carbocycles. The Morgan fingerprint density at radius 3 is 1.95 bits per heavy atom. The standard InChI is InChI=1S/C13H15N3O5/c1-13(2,3)11-7-14(11)12(17)8-4-9(15(18)19)6-10(5-8)16(20)21/h4-6,11H,7H2,1-3H3. The first-order chi connectivity index (χ1) is 9.61. The molecule has 0 aliphatic carbocycles. The van der Waals surface area contributed by atoms with E-state index < -0.39 is 27.1 Å². The van der Waals surface area contributed by atoms with E-state index in [2.05, 4.69) is 0 Å².